The van der Waals surface area contributed by atoms with Crippen molar-refractivity contribution < 1.29 is 14.7 Å². The summed E-state index contributed by atoms with van der Waals surface area (Å²) >= 11 is 0. The first-order valence-corrected chi connectivity index (χ1v) is 6.80. The van der Waals surface area contributed by atoms with Gasteiger partial charge in [0.25, 0.3) is 5.91 Å². The molecule has 5 nitrogen and oxygen atoms in total. The largest absolute Gasteiger partial charge is 0.396 e. The van der Waals surface area contributed by atoms with E-state index in [9.17, 15) is 9.59 Å². The predicted molar refractivity (Wildman–Crippen MR) is 78.8 cm³/mol. The molecule has 0 atom stereocenters. The zero-order valence-electron chi connectivity index (χ0n) is 12.1. The van der Waals surface area contributed by atoms with Gasteiger partial charge in [0.1, 0.15) is 0 Å². The Morgan fingerprint density at radius 3 is 2.55 bits per heavy atom. The Morgan fingerprint density at radius 1 is 1.20 bits per heavy atom. The van der Waals surface area contributed by atoms with Gasteiger partial charge in [0.2, 0.25) is 5.91 Å². The number of benzene rings is 1. The minimum atomic E-state index is -0.183. The Bertz CT molecular complexity index is 460. The van der Waals surface area contributed by atoms with Crippen LogP contribution in [0.3, 0.4) is 0 Å². The van der Waals surface area contributed by atoms with Crippen molar-refractivity contribution in [1.82, 2.24) is 5.32 Å². The van der Waals surface area contributed by atoms with Gasteiger partial charge in [-0.3, -0.25) is 9.59 Å². The maximum Gasteiger partial charge on any atom is 0.253 e. The first-order chi connectivity index (χ1) is 9.57. The van der Waals surface area contributed by atoms with Gasteiger partial charge in [0, 0.05) is 27.1 Å². The van der Waals surface area contributed by atoms with Gasteiger partial charge in [-0.15, -0.1) is 0 Å². The second kappa shape index (κ2) is 8.32. The van der Waals surface area contributed by atoms with Gasteiger partial charge in [-0.1, -0.05) is 12.1 Å². The molecule has 5 heteroatoms. The van der Waals surface area contributed by atoms with Gasteiger partial charge < -0.3 is 15.3 Å². The molecule has 0 bridgehead atoms. The fourth-order valence-corrected chi connectivity index (χ4v) is 1.84. The number of anilines is 1. The zero-order valence-corrected chi connectivity index (χ0v) is 12.1. The molecule has 2 amide bonds. The second-order valence-electron chi connectivity index (χ2n) is 4.64. The van der Waals surface area contributed by atoms with Crippen LogP contribution in [0.5, 0.6) is 0 Å². The lowest BCUT2D eigenvalue weighted by Gasteiger charge is -2.18. The molecule has 0 aliphatic carbocycles. The highest BCUT2D eigenvalue weighted by Crippen LogP contribution is 2.19. The Hall–Kier alpha value is -1.88. The molecule has 1 aromatic rings. The van der Waals surface area contributed by atoms with Gasteiger partial charge in [-0.05, 0) is 31.4 Å². The molecule has 0 aliphatic heterocycles. The fraction of sp³-hybridized carbons (Fsp3) is 0.467. The topological polar surface area (TPSA) is 69.6 Å². The zero-order chi connectivity index (χ0) is 15.0. The van der Waals surface area contributed by atoms with Crippen LogP contribution in [0.25, 0.3) is 0 Å². The number of hydrogen-bond donors (Lipinski definition) is 2. The van der Waals surface area contributed by atoms with E-state index < -0.39 is 0 Å². The molecule has 0 unspecified atom stereocenters. The number of unbranched alkanes of at least 4 members (excludes halogenated alkanes) is 2. The minimum absolute atomic E-state index is 0.117. The number of carbonyl (C=O) groups excluding carboxylic acids is 2. The minimum Gasteiger partial charge on any atom is -0.396 e. The highest BCUT2D eigenvalue weighted by Gasteiger charge is 2.15. The Kier molecular flexibility index (Phi) is 6.73. The molecular weight excluding hydrogens is 256 g/mol. The number of carbonyl (C=O) groups is 2. The first-order valence-electron chi connectivity index (χ1n) is 6.80. The van der Waals surface area contributed by atoms with Crippen LogP contribution in [-0.2, 0) is 4.79 Å². The van der Waals surface area contributed by atoms with Crippen LogP contribution in [0.4, 0.5) is 5.69 Å². The van der Waals surface area contributed by atoms with Crippen LogP contribution in [0.15, 0.2) is 24.3 Å². The molecule has 1 rings (SSSR count). The Labute approximate surface area is 119 Å². The monoisotopic (exact) mass is 278 g/mol. The lowest BCUT2D eigenvalue weighted by atomic mass is 10.1. The first kappa shape index (κ1) is 16.2. The predicted octanol–water partition coefficient (Wildman–Crippen LogP) is 1.56. The number of nitrogens with zero attached hydrogens (tertiary/aromatic N) is 1. The second-order valence-corrected chi connectivity index (χ2v) is 4.64. The van der Waals surface area contributed by atoms with Crippen LogP contribution >= 0.6 is 0 Å². The molecule has 0 aliphatic rings. The highest BCUT2D eigenvalue weighted by atomic mass is 16.3. The SMILES string of the molecule is CC(=O)N(C)c1ccccc1C(=O)NCCCCCO. The Balaban J connectivity index is 2.66. The molecule has 0 radical (unpaired) electrons. The molecule has 0 saturated carbocycles. The van der Waals surface area contributed by atoms with E-state index in [4.69, 9.17) is 5.11 Å². The van der Waals surface area contributed by atoms with Crippen molar-refractivity contribution in [2.75, 3.05) is 25.1 Å². The lowest BCUT2D eigenvalue weighted by molar-refractivity contribution is -0.116. The molecule has 0 heterocycles. The van der Waals surface area contributed by atoms with Gasteiger partial charge >= 0.3 is 0 Å². The third-order valence-corrected chi connectivity index (χ3v) is 3.10. The maximum atomic E-state index is 12.1. The van der Waals surface area contributed by atoms with Crippen LogP contribution in [0.1, 0.15) is 36.5 Å². The Morgan fingerprint density at radius 2 is 1.90 bits per heavy atom. The van der Waals surface area contributed by atoms with Gasteiger partial charge in [-0.25, -0.2) is 0 Å². The van der Waals surface area contributed by atoms with Crippen molar-refractivity contribution in [3.8, 4) is 0 Å². The number of amides is 2. The average Bonchev–Trinajstić information content (AvgIpc) is 2.46. The smallest absolute Gasteiger partial charge is 0.253 e. The van der Waals surface area contributed by atoms with E-state index in [2.05, 4.69) is 5.32 Å². The van der Waals surface area contributed by atoms with Crippen LogP contribution < -0.4 is 10.2 Å². The molecule has 0 saturated heterocycles. The van der Waals surface area contributed by atoms with Crippen molar-refractivity contribution in [1.29, 1.82) is 0 Å². The number of aliphatic hydroxyl groups excluding tert-OH is 1. The number of nitrogens with one attached hydrogen (secondary N) is 1. The molecule has 20 heavy (non-hydrogen) atoms. The van der Waals surface area contributed by atoms with Crippen molar-refractivity contribution in [3.05, 3.63) is 29.8 Å². The molecule has 0 aromatic heterocycles. The van der Waals surface area contributed by atoms with Crippen molar-refractivity contribution in [2.45, 2.75) is 26.2 Å². The highest BCUT2D eigenvalue weighted by molar-refractivity contribution is 6.04. The van der Waals surface area contributed by atoms with Crippen molar-refractivity contribution in [3.63, 3.8) is 0 Å². The molecule has 0 spiro atoms. The average molecular weight is 278 g/mol. The number of rotatable bonds is 7. The number of aliphatic hydroxyl groups is 1. The molecule has 2 N–H and O–H groups in total. The van der Waals surface area contributed by atoms with E-state index in [1.807, 2.05) is 0 Å². The van der Waals surface area contributed by atoms with E-state index >= 15 is 0 Å². The van der Waals surface area contributed by atoms with Gasteiger partial charge in [-0.2, -0.15) is 0 Å². The summed E-state index contributed by atoms with van der Waals surface area (Å²) < 4.78 is 0. The summed E-state index contributed by atoms with van der Waals surface area (Å²) in [5.41, 5.74) is 1.10. The molecule has 0 fully saturated rings. The van der Waals surface area contributed by atoms with Crippen LogP contribution in [0, 0.1) is 0 Å². The van der Waals surface area contributed by atoms with Gasteiger partial charge in [0.05, 0.1) is 11.3 Å². The van der Waals surface area contributed by atoms with Crippen molar-refractivity contribution >= 4 is 17.5 Å². The summed E-state index contributed by atoms with van der Waals surface area (Å²) in [5, 5.41) is 11.5. The lowest BCUT2D eigenvalue weighted by Crippen LogP contribution is -2.29. The van der Waals surface area contributed by atoms with Gasteiger partial charge in [0.15, 0.2) is 0 Å². The summed E-state index contributed by atoms with van der Waals surface area (Å²) in [4.78, 5) is 25.0. The van der Waals surface area contributed by atoms with Crippen LogP contribution in [0.2, 0.25) is 0 Å². The van der Waals surface area contributed by atoms with E-state index in [0.717, 1.165) is 19.3 Å². The van der Waals surface area contributed by atoms with E-state index in [0.29, 0.717) is 17.8 Å². The van der Waals surface area contributed by atoms with Crippen molar-refractivity contribution in [2.24, 2.45) is 0 Å². The molecule has 1 aromatic carbocycles. The summed E-state index contributed by atoms with van der Waals surface area (Å²) in [6.07, 6.45) is 2.46. The summed E-state index contributed by atoms with van der Waals surface area (Å²) in [6.45, 7) is 2.21. The standard InChI is InChI=1S/C15H22N2O3/c1-12(19)17(2)14-9-5-4-8-13(14)15(20)16-10-6-3-7-11-18/h4-5,8-9,18H,3,6-7,10-11H2,1-2H3,(H,16,20). The quantitative estimate of drug-likeness (QED) is 0.744. The molecular formula is C15H22N2O3. The summed E-state index contributed by atoms with van der Waals surface area (Å²) in [6, 6.07) is 7.03. The maximum absolute atomic E-state index is 12.1. The van der Waals surface area contributed by atoms with E-state index in [-0.39, 0.29) is 18.4 Å². The summed E-state index contributed by atoms with van der Waals surface area (Å²) in [5.74, 6) is -0.300. The number of hydrogen-bond acceptors (Lipinski definition) is 3. The van der Waals surface area contributed by atoms with E-state index in [1.54, 1.807) is 31.3 Å². The van der Waals surface area contributed by atoms with Crippen LogP contribution in [-0.4, -0.2) is 37.1 Å². The van der Waals surface area contributed by atoms with E-state index in [1.165, 1.54) is 11.8 Å². The number of para-hydroxylation sites is 1. The fourth-order valence-electron chi connectivity index (χ4n) is 1.84. The summed E-state index contributed by atoms with van der Waals surface area (Å²) in [7, 11) is 1.65. The third kappa shape index (κ3) is 4.66. The normalized spacial score (nSPS) is 10.2. The third-order valence-electron chi connectivity index (χ3n) is 3.10. The molecule has 110 valence electrons.